The molecule has 3 N–H and O–H groups in total. The van der Waals surface area contributed by atoms with Crippen molar-refractivity contribution in [1.82, 2.24) is 19.9 Å². The summed E-state index contributed by atoms with van der Waals surface area (Å²) in [6.45, 7) is 3.23. The van der Waals surface area contributed by atoms with Gasteiger partial charge in [-0.25, -0.2) is 14.8 Å². The van der Waals surface area contributed by atoms with E-state index in [0.717, 1.165) is 41.0 Å². The lowest BCUT2D eigenvalue weighted by Crippen LogP contribution is -2.57. The lowest BCUT2D eigenvalue weighted by atomic mass is 10.1. The molecule has 1 aliphatic carbocycles. The number of aromatic nitrogens is 3. The second-order valence-corrected chi connectivity index (χ2v) is 10.3. The zero-order valence-corrected chi connectivity index (χ0v) is 18.7. The highest BCUT2D eigenvalue weighted by molar-refractivity contribution is 7.87. The van der Waals surface area contributed by atoms with Gasteiger partial charge in [0.15, 0.2) is 0 Å². The van der Waals surface area contributed by atoms with Crippen LogP contribution in [0.25, 0.3) is 11.0 Å². The monoisotopic (exact) mass is 476 g/mol. The molecule has 32 heavy (non-hydrogen) atoms. The molecule has 0 unspecified atom stereocenters. The summed E-state index contributed by atoms with van der Waals surface area (Å²) < 4.78 is 28.7. The van der Waals surface area contributed by atoms with Crippen molar-refractivity contribution in [3.8, 4) is 0 Å². The van der Waals surface area contributed by atoms with Crippen LogP contribution in [0.5, 0.6) is 0 Å². The van der Waals surface area contributed by atoms with E-state index in [9.17, 15) is 18.0 Å². The number of hydrogen-bond acceptors (Lipinski definition) is 9. The summed E-state index contributed by atoms with van der Waals surface area (Å²) in [7, 11) is -4.37. The van der Waals surface area contributed by atoms with Gasteiger partial charge in [0.2, 0.25) is 0 Å². The number of H-pyrrole nitrogens is 1. The largest absolute Gasteiger partial charge is 0.420 e. The molecule has 1 saturated heterocycles. The van der Waals surface area contributed by atoms with E-state index in [1.54, 1.807) is 0 Å². The summed E-state index contributed by atoms with van der Waals surface area (Å²) in [4.78, 5) is 40.2. The topological polar surface area (TPSA) is 152 Å². The molecule has 3 aromatic heterocycles. The Morgan fingerprint density at radius 3 is 2.78 bits per heavy atom. The third kappa shape index (κ3) is 3.28. The van der Waals surface area contributed by atoms with Gasteiger partial charge in [0.05, 0.1) is 15.8 Å². The number of piperazine rings is 1. The first-order valence-electron chi connectivity index (χ1n) is 9.89. The van der Waals surface area contributed by atoms with Gasteiger partial charge in [0.25, 0.3) is 5.91 Å². The van der Waals surface area contributed by atoms with Crippen molar-refractivity contribution in [2.75, 3.05) is 24.5 Å². The van der Waals surface area contributed by atoms with Gasteiger partial charge in [0.1, 0.15) is 22.7 Å². The second-order valence-electron chi connectivity index (χ2n) is 7.95. The number of anilines is 1. The van der Waals surface area contributed by atoms with Crippen LogP contribution in [0, 0.1) is 6.92 Å². The number of hydrogen-bond donors (Lipinski definition) is 2. The number of rotatable bonds is 4. The minimum absolute atomic E-state index is 0.219. The van der Waals surface area contributed by atoms with Crippen LogP contribution in [-0.2, 0) is 14.3 Å². The van der Waals surface area contributed by atoms with Crippen LogP contribution in [0.3, 0.4) is 0 Å². The van der Waals surface area contributed by atoms with E-state index in [0.29, 0.717) is 24.5 Å². The Morgan fingerprint density at radius 2 is 2.06 bits per heavy atom. The van der Waals surface area contributed by atoms with Gasteiger partial charge < -0.3 is 24.7 Å². The zero-order chi connectivity index (χ0) is 22.7. The molecule has 3 aromatic rings. The van der Waals surface area contributed by atoms with Gasteiger partial charge in [-0.1, -0.05) is 0 Å². The summed E-state index contributed by atoms with van der Waals surface area (Å²) in [5.74, 6) is 0.610. The van der Waals surface area contributed by atoms with E-state index < -0.39 is 16.2 Å². The Labute approximate surface area is 187 Å². The fourth-order valence-electron chi connectivity index (χ4n) is 4.29. The Kier molecular flexibility index (Phi) is 4.64. The number of nitrogens with one attached hydrogen (secondary N) is 1. The molecule has 5 rings (SSSR count). The number of carbonyl (C=O) groups is 2. The van der Waals surface area contributed by atoms with E-state index in [2.05, 4.69) is 24.0 Å². The number of carbonyl (C=O) groups excluding carboxylic acids is 2. The molecule has 168 valence electrons. The van der Waals surface area contributed by atoms with Gasteiger partial charge in [0, 0.05) is 31.2 Å². The molecule has 1 aliphatic heterocycles. The first-order chi connectivity index (χ1) is 15.2. The molecule has 0 atom stereocenters. The van der Waals surface area contributed by atoms with E-state index >= 15 is 0 Å². The third-order valence-corrected chi connectivity index (χ3v) is 8.57. The molecule has 0 radical (unpaired) electrons. The third-order valence-electron chi connectivity index (χ3n) is 6.01. The SMILES string of the molecule is Cc1c(S(=O)(=O)OC(N)=O)csc1C(=O)N1CCN(c2ncnc3[nH]ccc23)CC12CC2. The van der Waals surface area contributed by atoms with Gasteiger partial charge in [-0.2, -0.15) is 8.42 Å². The van der Waals surface area contributed by atoms with Crippen molar-refractivity contribution in [3.05, 3.63) is 34.4 Å². The summed E-state index contributed by atoms with van der Waals surface area (Å²) >= 11 is 1.02. The molecule has 1 spiro atoms. The van der Waals surface area contributed by atoms with Crippen molar-refractivity contribution < 1.29 is 22.2 Å². The summed E-state index contributed by atoms with van der Waals surface area (Å²) in [5.41, 5.74) is 5.55. The van der Waals surface area contributed by atoms with Crippen LogP contribution in [0.2, 0.25) is 0 Å². The fraction of sp³-hybridized carbons (Fsp3) is 0.368. The quantitative estimate of drug-likeness (QED) is 0.539. The van der Waals surface area contributed by atoms with E-state index in [-0.39, 0.29) is 21.9 Å². The molecule has 0 bridgehead atoms. The standard InChI is InChI=1S/C19H20N6O5S2/c1-11-13(32(28,29)30-18(20)27)8-31-14(11)17(26)25-7-6-24(9-19(25)3-4-19)16-12-2-5-21-15(12)22-10-23-16/h2,5,8,10H,3-4,6-7,9H2,1H3,(H2,20,27)(H,21,22,23). The van der Waals surface area contributed by atoms with Gasteiger partial charge in [-0.15, -0.1) is 11.3 Å². The van der Waals surface area contributed by atoms with Gasteiger partial charge in [-0.05, 0) is 31.4 Å². The number of nitrogens with zero attached hydrogens (tertiary/aromatic N) is 4. The Balaban J connectivity index is 1.40. The predicted molar refractivity (Wildman–Crippen MR) is 116 cm³/mol. The lowest BCUT2D eigenvalue weighted by molar-refractivity contribution is 0.0628. The van der Waals surface area contributed by atoms with Crippen LogP contribution >= 0.6 is 11.3 Å². The minimum atomic E-state index is -4.37. The predicted octanol–water partition coefficient (Wildman–Crippen LogP) is 1.61. The summed E-state index contributed by atoms with van der Waals surface area (Å²) in [6, 6.07) is 1.94. The fourth-order valence-corrected chi connectivity index (χ4v) is 6.66. The maximum atomic E-state index is 13.4. The second kappa shape index (κ2) is 7.17. The van der Waals surface area contributed by atoms with Gasteiger partial charge in [-0.3, -0.25) is 4.79 Å². The highest BCUT2D eigenvalue weighted by Crippen LogP contribution is 2.46. The van der Waals surface area contributed by atoms with E-state index in [4.69, 9.17) is 5.73 Å². The summed E-state index contributed by atoms with van der Waals surface area (Å²) in [6.07, 6.45) is 3.64. The van der Waals surface area contributed by atoms with Gasteiger partial charge >= 0.3 is 16.2 Å². The van der Waals surface area contributed by atoms with Crippen LogP contribution in [0.15, 0.2) is 28.9 Å². The highest BCUT2D eigenvalue weighted by atomic mass is 32.2. The normalized spacial score (nSPS) is 17.7. The van der Waals surface area contributed by atoms with E-state index in [1.807, 2.05) is 17.2 Å². The average molecular weight is 477 g/mol. The Morgan fingerprint density at radius 1 is 1.28 bits per heavy atom. The van der Waals surface area contributed by atoms with Crippen molar-refractivity contribution in [3.63, 3.8) is 0 Å². The highest BCUT2D eigenvalue weighted by Gasteiger charge is 2.54. The summed E-state index contributed by atoms with van der Waals surface area (Å²) in [5, 5.41) is 2.24. The molecular weight excluding hydrogens is 456 g/mol. The lowest BCUT2D eigenvalue weighted by Gasteiger charge is -2.42. The molecule has 11 nitrogen and oxygen atoms in total. The Bertz CT molecular complexity index is 1340. The zero-order valence-electron chi connectivity index (χ0n) is 17.1. The molecule has 4 heterocycles. The van der Waals surface area contributed by atoms with Crippen molar-refractivity contribution in [2.45, 2.75) is 30.2 Å². The number of nitrogens with two attached hydrogens (primary N) is 1. The molecule has 2 fully saturated rings. The average Bonchev–Trinajstić information content (AvgIpc) is 3.14. The maximum Gasteiger partial charge on any atom is 0.420 e. The van der Waals surface area contributed by atoms with E-state index in [1.165, 1.54) is 18.6 Å². The van der Waals surface area contributed by atoms with Crippen LogP contribution < -0.4 is 10.6 Å². The number of fused-ring (bicyclic) bond motifs is 1. The molecule has 0 aromatic carbocycles. The van der Waals surface area contributed by atoms with Crippen LogP contribution in [-0.4, -0.2) is 65.4 Å². The number of thiophene rings is 1. The smallest absolute Gasteiger partial charge is 0.352 e. The Hall–Kier alpha value is -3.19. The molecular formula is C19H20N6O5S2. The maximum absolute atomic E-state index is 13.4. The van der Waals surface area contributed by atoms with Crippen LogP contribution in [0.4, 0.5) is 10.6 Å². The number of primary amides is 1. The van der Waals surface area contributed by atoms with Crippen molar-refractivity contribution in [2.24, 2.45) is 5.73 Å². The van der Waals surface area contributed by atoms with Crippen molar-refractivity contribution in [1.29, 1.82) is 0 Å². The molecule has 2 aliphatic rings. The van der Waals surface area contributed by atoms with Crippen molar-refractivity contribution >= 4 is 50.3 Å². The molecule has 1 saturated carbocycles. The van der Waals surface area contributed by atoms with Crippen LogP contribution in [0.1, 0.15) is 28.1 Å². The minimum Gasteiger partial charge on any atom is -0.352 e. The molecule has 13 heteroatoms. The number of aromatic amines is 1. The first kappa shape index (κ1) is 20.7. The first-order valence-corrected chi connectivity index (χ1v) is 12.2. The number of amides is 2. The molecule has 2 amide bonds.